The fourth-order valence-corrected chi connectivity index (χ4v) is 3.99. The molecule has 138 valence electrons. The van der Waals surface area contributed by atoms with Gasteiger partial charge in [-0.05, 0) is 43.0 Å². The Bertz CT molecular complexity index is 974. The normalized spacial score (nSPS) is 17.7. The highest BCUT2D eigenvalue weighted by Crippen LogP contribution is 2.37. The molecule has 2 aromatic heterocycles. The summed E-state index contributed by atoms with van der Waals surface area (Å²) in [7, 11) is 0. The van der Waals surface area contributed by atoms with E-state index >= 15 is 0 Å². The summed E-state index contributed by atoms with van der Waals surface area (Å²) in [6.07, 6.45) is 6.95. The molecule has 0 saturated heterocycles. The van der Waals surface area contributed by atoms with Gasteiger partial charge in [0.15, 0.2) is 17.3 Å². The molecule has 3 aromatic rings. The van der Waals surface area contributed by atoms with E-state index < -0.39 is 0 Å². The van der Waals surface area contributed by atoms with Crippen LogP contribution in [0.1, 0.15) is 35.7 Å². The minimum atomic E-state index is 0.243. The maximum absolute atomic E-state index is 6.41. The van der Waals surface area contributed by atoms with E-state index in [1.54, 1.807) is 6.20 Å². The second-order valence-corrected chi connectivity index (χ2v) is 7.18. The van der Waals surface area contributed by atoms with Crippen LogP contribution in [0.2, 0.25) is 5.02 Å². The molecule has 0 spiro atoms. The van der Waals surface area contributed by atoms with E-state index in [1.807, 2.05) is 41.2 Å². The Kier molecular flexibility index (Phi) is 4.22. The molecule has 0 amide bonds. The number of benzene rings is 1. The van der Waals surface area contributed by atoms with Gasteiger partial charge >= 0.3 is 0 Å². The minimum Gasteiger partial charge on any atom is -0.454 e. The molecule has 0 fully saturated rings. The highest BCUT2D eigenvalue weighted by atomic mass is 35.5. The van der Waals surface area contributed by atoms with Crippen molar-refractivity contribution < 1.29 is 9.47 Å². The molecule has 3 heterocycles. The van der Waals surface area contributed by atoms with Crippen LogP contribution in [0.3, 0.4) is 0 Å². The number of fused-ring (bicyclic) bond motifs is 2. The van der Waals surface area contributed by atoms with E-state index in [2.05, 4.69) is 15.4 Å². The lowest BCUT2D eigenvalue weighted by molar-refractivity contribution is 0.174. The number of aromatic nitrogens is 3. The van der Waals surface area contributed by atoms with Gasteiger partial charge < -0.3 is 14.8 Å². The third-order valence-corrected chi connectivity index (χ3v) is 5.48. The van der Waals surface area contributed by atoms with Crippen LogP contribution in [0.5, 0.6) is 11.5 Å². The van der Waals surface area contributed by atoms with E-state index in [-0.39, 0.29) is 12.8 Å². The van der Waals surface area contributed by atoms with Crippen molar-refractivity contribution in [1.82, 2.24) is 20.1 Å². The predicted octanol–water partition coefficient (Wildman–Crippen LogP) is 3.82. The van der Waals surface area contributed by atoms with Gasteiger partial charge in [-0.1, -0.05) is 17.7 Å². The molecular formula is C20H19ClN4O2. The predicted molar refractivity (Wildman–Crippen MR) is 101 cm³/mol. The molecule has 1 unspecified atom stereocenters. The highest BCUT2D eigenvalue weighted by molar-refractivity contribution is 6.31. The van der Waals surface area contributed by atoms with Crippen LogP contribution in [0.4, 0.5) is 0 Å². The van der Waals surface area contributed by atoms with Gasteiger partial charge in [0.1, 0.15) is 0 Å². The first-order valence-corrected chi connectivity index (χ1v) is 9.47. The Balaban J connectivity index is 1.37. The van der Waals surface area contributed by atoms with Gasteiger partial charge in [-0.2, -0.15) is 5.10 Å². The number of rotatable bonds is 4. The van der Waals surface area contributed by atoms with Crippen molar-refractivity contribution in [2.45, 2.75) is 31.8 Å². The molecule has 6 nitrogen and oxygen atoms in total. The summed E-state index contributed by atoms with van der Waals surface area (Å²) in [6.45, 7) is 0.912. The third kappa shape index (κ3) is 3.05. The van der Waals surface area contributed by atoms with Crippen LogP contribution >= 0.6 is 11.6 Å². The molecule has 0 bridgehead atoms. The lowest BCUT2D eigenvalue weighted by atomic mass is 9.92. The summed E-state index contributed by atoms with van der Waals surface area (Å²) in [5.74, 6) is 2.32. The van der Waals surface area contributed by atoms with Crippen molar-refractivity contribution in [1.29, 1.82) is 0 Å². The van der Waals surface area contributed by atoms with Crippen LogP contribution < -0.4 is 14.8 Å². The summed E-state index contributed by atoms with van der Waals surface area (Å²) in [5.41, 5.74) is 3.48. The first-order valence-electron chi connectivity index (χ1n) is 9.09. The molecule has 1 aliphatic heterocycles. The SMILES string of the molecule is Clc1cc2c(cc1CNC1CCCc3c1cnn3-c1ccccn1)OCO2. The van der Waals surface area contributed by atoms with Gasteiger partial charge in [0, 0.05) is 35.4 Å². The van der Waals surface area contributed by atoms with Gasteiger partial charge in [0.2, 0.25) is 6.79 Å². The van der Waals surface area contributed by atoms with E-state index in [0.29, 0.717) is 17.3 Å². The standard InChI is InChI=1S/C20H19ClN4O2/c21-15-9-19-18(26-12-27-19)8-13(15)10-23-16-4-3-5-17-14(16)11-24-25(17)20-6-1-2-7-22-20/h1-2,6-9,11,16,23H,3-5,10,12H2. The second-order valence-electron chi connectivity index (χ2n) is 6.77. The lowest BCUT2D eigenvalue weighted by Crippen LogP contribution is -2.25. The monoisotopic (exact) mass is 382 g/mol. The summed E-state index contributed by atoms with van der Waals surface area (Å²) in [6, 6.07) is 9.91. The van der Waals surface area contributed by atoms with Crippen molar-refractivity contribution in [2.75, 3.05) is 6.79 Å². The molecule has 1 N–H and O–H groups in total. The molecule has 0 saturated carbocycles. The van der Waals surface area contributed by atoms with Crippen molar-refractivity contribution in [2.24, 2.45) is 0 Å². The molecular weight excluding hydrogens is 364 g/mol. The average Bonchev–Trinajstić information content (AvgIpc) is 3.33. The quantitative estimate of drug-likeness (QED) is 0.743. The maximum Gasteiger partial charge on any atom is 0.231 e. The number of ether oxygens (including phenoxy) is 2. The van der Waals surface area contributed by atoms with Gasteiger partial charge in [0.05, 0.1) is 11.9 Å². The number of hydrogen-bond donors (Lipinski definition) is 1. The molecule has 1 atom stereocenters. The number of nitrogens with one attached hydrogen (secondary N) is 1. The van der Waals surface area contributed by atoms with Crippen molar-refractivity contribution in [3.63, 3.8) is 0 Å². The maximum atomic E-state index is 6.41. The Morgan fingerprint density at radius 1 is 1.22 bits per heavy atom. The first-order chi connectivity index (χ1) is 13.3. The van der Waals surface area contributed by atoms with Gasteiger partial charge in [0.25, 0.3) is 0 Å². The second kappa shape index (κ2) is 6.87. The Morgan fingerprint density at radius 3 is 2.96 bits per heavy atom. The smallest absolute Gasteiger partial charge is 0.231 e. The summed E-state index contributed by atoms with van der Waals surface area (Å²) < 4.78 is 12.8. The van der Waals surface area contributed by atoms with Crippen molar-refractivity contribution in [3.8, 4) is 17.3 Å². The van der Waals surface area contributed by atoms with Crippen molar-refractivity contribution >= 4 is 11.6 Å². The van der Waals surface area contributed by atoms with Crippen molar-refractivity contribution in [3.05, 3.63) is 64.6 Å². The fraction of sp³-hybridized carbons (Fsp3) is 0.300. The topological polar surface area (TPSA) is 61.2 Å². The van der Waals surface area contributed by atoms with E-state index in [0.717, 1.165) is 36.4 Å². The molecule has 27 heavy (non-hydrogen) atoms. The lowest BCUT2D eigenvalue weighted by Gasteiger charge is -2.24. The molecule has 0 radical (unpaired) electrons. The number of nitrogens with zero attached hydrogens (tertiary/aromatic N) is 3. The average molecular weight is 383 g/mol. The third-order valence-electron chi connectivity index (χ3n) is 5.13. The van der Waals surface area contributed by atoms with Crippen LogP contribution in [0.25, 0.3) is 5.82 Å². The van der Waals surface area contributed by atoms with E-state index in [4.69, 9.17) is 21.1 Å². The fourth-order valence-electron chi connectivity index (χ4n) is 3.77. The Labute approximate surface area is 162 Å². The minimum absolute atomic E-state index is 0.243. The number of pyridine rings is 1. The molecule has 5 rings (SSSR count). The van der Waals surface area contributed by atoms with E-state index in [9.17, 15) is 0 Å². The zero-order valence-corrected chi connectivity index (χ0v) is 15.4. The zero-order valence-electron chi connectivity index (χ0n) is 14.7. The molecule has 7 heteroatoms. The molecule has 1 aliphatic carbocycles. The van der Waals surface area contributed by atoms with E-state index in [1.165, 1.54) is 11.3 Å². The van der Waals surface area contributed by atoms with Crippen LogP contribution in [0.15, 0.2) is 42.7 Å². The number of hydrogen-bond acceptors (Lipinski definition) is 5. The molecule has 1 aromatic carbocycles. The Hall–Kier alpha value is -2.57. The summed E-state index contributed by atoms with van der Waals surface area (Å²) >= 11 is 6.41. The summed E-state index contributed by atoms with van der Waals surface area (Å²) in [4.78, 5) is 4.43. The Morgan fingerprint density at radius 2 is 2.11 bits per heavy atom. The van der Waals surface area contributed by atoms with Gasteiger partial charge in [-0.25, -0.2) is 9.67 Å². The van der Waals surface area contributed by atoms with Gasteiger partial charge in [-0.3, -0.25) is 0 Å². The molecule has 2 aliphatic rings. The van der Waals surface area contributed by atoms with Crippen LogP contribution in [-0.2, 0) is 13.0 Å². The van der Waals surface area contributed by atoms with Crippen LogP contribution in [0, 0.1) is 0 Å². The van der Waals surface area contributed by atoms with Gasteiger partial charge in [-0.15, -0.1) is 0 Å². The highest BCUT2D eigenvalue weighted by Gasteiger charge is 2.25. The zero-order chi connectivity index (χ0) is 18.2. The van der Waals surface area contributed by atoms with Crippen LogP contribution in [-0.4, -0.2) is 21.6 Å². The largest absolute Gasteiger partial charge is 0.454 e. The summed E-state index contributed by atoms with van der Waals surface area (Å²) in [5, 5.41) is 8.91. The first kappa shape index (κ1) is 16.6. The number of halogens is 1.